The van der Waals surface area contributed by atoms with Crippen molar-refractivity contribution in [1.29, 1.82) is 5.26 Å². The first kappa shape index (κ1) is 65.0. The third-order valence-electron chi connectivity index (χ3n) is 14.2. The minimum Gasteiger partial charge on any atom is -0.448 e. The first-order chi connectivity index (χ1) is 34.3. The van der Waals surface area contributed by atoms with Gasteiger partial charge in [0.05, 0.1) is 49.2 Å². The molecule has 1 aromatic heterocycles. The molecular weight excluding hydrogens is 1010 g/mol. The lowest BCUT2D eigenvalue weighted by atomic mass is 9.72. The molecule has 420 valence electrons. The zero-order valence-corrected chi connectivity index (χ0v) is 46.6. The molecule has 0 bridgehead atoms. The van der Waals surface area contributed by atoms with Gasteiger partial charge in [0.25, 0.3) is 5.91 Å². The Labute approximate surface area is 435 Å². The Hall–Kier alpha value is -3.27. The van der Waals surface area contributed by atoms with Crippen LogP contribution in [0.3, 0.4) is 0 Å². The minimum atomic E-state index is -5.58. The Morgan fingerprint density at radius 1 is 1.05 bits per heavy atom. The molecule has 1 amide bonds. The minimum absolute atomic E-state index is 0.103. The molecule has 22 nitrogen and oxygen atoms in total. The van der Waals surface area contributed by atoms with Crippen LogP contribution in [0.5, 0.6) is 0 Å². The Morgan fingerprint density at radius 3 is 2.31 bits per heavy atom. The molecule has 2 fully saturated rings. The van der Waals surface area contributed by atoms with Crippen LogP contribution in [-0.2, 0) is 41.7 Å². The van der Waals surface area contributed by atoms with E-state index in [4.69, 9.17) is 33.2 Å². The summed E-state index contributed by atoms with van der Waals surface area (Å²) in [6, 6.07) is 1.37. The van der Waals surface area contributed by atoms with E-state index in [-0.39, 0.29) is 38.3 Å². The highest BCUT2D eigenvalue weighted by Crippen LogP contribution is 2.63. The van der Waals surface area contributed by atoms with E-state index in [0.29, 0.717) is 18.0 Å². The highest BCUT2D eigenvalue weighted by molar-refractivity contribution is 7.60. The normalized spacial score (nSPS) is 27.6. The Morgan fingerprint density at radius 2 is 1.72 bits per heavy atom. The summed E-state index contributed by atoms with van der Waals surface area (Å²) in [6.07, 6.45) is 2.46. The number of allylic oxidation sites excluding steroid dienone is 7. The molecule has 0 radical (unpaired) electrons. The number of nitriles is 1. The van der Waals surface area contributed by atoms with Crippen LogP contribution in [0.1, 0.15) is 105 Å². The van der Waals surface area contributed by atoms with Gasteiger partial charge in [-0.3, -0.25) is 9.32 Å². The lowest BCUT2D eigenvalue weighted by molar-refractivity contribution is -0.334. The van der Waals surface area contributed by atoms with E-state index in [0.717, 1.165) is 16.7 Å². The number of aromatic nitrogens is 1. The largest absolute Gasteiger partial charge is 0.481 e. The van der Waals surface area contributed by atoms with Gasteiger partial charge in [-0.2, -0.15) is 9.57 Å². The number of nitrogens with zero attached hydrogens (tertiary/aromatic N) is 3. The SMILES string of the molecule is COC[C@@H]([C@H](O)[C@H](O)C(=O)NCC[C@H](C)c1nc(/C=C/C[C@@H]2O[C@]3(C[C@@H](O)[C@@H]2C)O[C@H]([C@H](C[C@H](O)[C@H](C)[C@H](O)[C@H](C)/C=C(C)/C(C)=C/C=C/C(C)=C\C#N)OC)[C@H](OP(=O)(O)OP(=O)(O)O)C3(C)C)co1)N(C)C. The van der Waals surface area contributed by atoms with Crippen LogP contribution in [0, 0.1) is 34.5 Å². The number of hydrogen-bond acceptors (Lipinski definition) is 18. The Kier molecular flexibility index (Phi) is 24.9. The lowest BCUT2D eigenvalue weighted by Crippen LogP contribution is -2.58. The molecule has 0 aliphatic carbocycles. The molecule has 16 atom stereocenters. The molecule has 2 aliphatic rings. The summed E-state index contributed by atoms with van der Waals surface area (Å²) in [7, 11) is -4.99. The summed E-state index contributed by atoms with van der Waals surface area (Å²) in [5.74, 6) is -4.13. The van der Waals surface area contributed by atoms with Gasteiger partial charge in [0, 0.05) is 68.8 Å². The van der Waals surface area contributed by atoms with Gasteiger partial charge in [0.2, 0.25) is 0 Å². The number of carbonyl (C=O) groups is 1. The number of carbonyl (C=O) groups excluding carboxylic acids is 1. The third kappa shape index (κ3) is 17.9. The predicted octanol–water partition coefficient (Wildman–Crippen LogP) is 4.81. The number of aliphatic hydroxyl groups excluding tert-OH is 5. The molecule has 0 saturated carbocycles. The maximum absolute atomic E-state index is 13.3. The molecule has 74 heavy (non-hydrogen) atoms. The zero-order valence-electron chi connectivity index (χ0n) is 44.8. The van der Waals surface area contributed by atoms with E-state index in [1.54, 1.807) is 78.8 Å². The lowest BCUT2D eigenvalue weighted by Gasteiger charge is -2.50. The molecule has 2 saturated heterocycles. The van der Waals surface area contributed by atoms with Gasteiger partial charge in [0.15, 0.2) is 17.8 Å². The number of phosphoric ester groups is 1. The summed E-state index contributed by atoms with van der Waals surface area (Å²) in [6.45, 7) is 16.1. The van der Waals surface area contributed by atoms with Crippen molar-refractivity contribution in [3.8, 4) is 6.07 Å². The van der Waals surface area contributed by atoms with Crippen molar-refractivity contribution < 1.29 is 86.3 Å². The fourth-order valence-corrected chi connectivity index (χ4v) is 11.0. The highest BCUT2D eigenvalue weighted by Gasteiger charge is 2.68. The van der Waals surface area contributed by atoms with Crippen LogP contribution in [-0.4, -0.2) is 164 Å². The molecule has 1 unspecified atom stereocenters. The van der Waals surface area contributed by atoms with E-state index in [1.807, 2.05) is 45.1 Å². The van der Waals surface area contributed by atoms with Crippen LogP contribution in [0.25, 0.3) is 6.08 Å². The van der Waals surface area contributed by atoms with Crippen molar-refractivity contribution in [2.75, 3.05) is 41.5 Å². The summed E-state index contributed by atoms with van der Waals surface area (Å²) in [5.41, 5.74) is 1.52. The molecular formula is C50H82N4O18P2. The number of oxazole rings is 1. The fraction of sp³-hybridized carbons (Fsp3) is 0.700. The number of amides is 1. The van der Waals surface area contributed by atoms with E-state index in [1.165, 1.54) is 26.6 Å². The van der Waals surface area contributed by atoms with Gasteiger partial charge in [-0.25, -0.2) is 14.1 Å². The number of likely N-dealkylation sites (N-methyl/N-ethyl adjacent to an activating group) is 1. The van der Waals surface area contributed by atoms with Crippen molar-refractivity contribution in [1.82, 2.24) is 15.2 Å². The molecule has 24 heteroatoms. The van der Waals surface area contributed by atoms with E-state index in [2.05, 4.69) is 14.6 Å². The van der Waals surface area contributed by atoms with E-state index < -0.39 is 111 Å². The van der Waals surface area contributed by atoms with Crippen LogP contribution in [0.15, 0.2) is 63.9 Å². The van der Waals surface area contributed by atoms with Gasteiger partial charge in [-0.1, -0.05) is 77.5 Å². The summed E-state index contributed by atoms with van der Waals surface area (Å²) >= 11 is 0. The van der Waals surface area contributed by atoms with Gasteiger partial charge >= 0.3 is 15.6 Å². The van der Waals surface area contributed by atoms with Crippen molar-refractivity contribution in [3.63, 3.8) is 0 Å². The van der Waals surface area contributed by atoms with E-state index >= 15 is 0 Å². The maximum Gasteiger partial charge on any atom is 0.481 e. The average Bonchev–Trinajstić information content (AvgIpc) is 3.86. The topological polar surface area (TPSA) is 334 Å². The molecule has 2 aliphatic heterocycles. The van der Waals surface area contributed by atoms with Crippen LogP contribution in [0.4, 0.5) is 0 Å². The molecule has 1 spiro atoms. The van der Waals surface area contributed by atoms with Crippen LogP contribution >= 0.6 is 15.6 Å². The second-order valence-electron chi connectivity index (χ2n) is 20.4. The number of aliphatic hydroxyl groups is 5. The first-order valence-corrected chi connectivity index (χ1v) is 27.6. The van der Waals surface area contributed by atoms with Crippen molar-refractivity contribution in [3.05, 3.63) is 71.0 Å². The quantitative estimate of drug-likeness (QED) is 0.0309. The Balaban J connectivity index is 1.82. The van der Waals surface area contributed by atoms with Gasteiger partial charge in [-0.05, 0) is 64.9 Å². The maximum atomic E-state index is 13.3. The first-order valence-electron chi connectivity index (χ1n) is 24.6. The van der Waals surface area contributed by atoms with Crippen LogP contribution < -0.4 is 5.32 Å². The summed E-state index contributed by atoms with van der Waals surface area (Å²) < 4.78 is 65.0. The molecule has 1 aromatic rings. The third-order valence-corrected chi connectivity index (χ3v) is 16.4. The molecule has 3 heterocycles. The van der Waals surface area contributed by atoms with Crippen molar-refractivity contribution in [2.45, 2.75) is 161 Å². The number of rotatable bonds is 28. The highest BCUT2D eigenvalue weighted by atomic mass is 31.3. The van der Waals surface area contributed by atoms with Gasteiger partial charge < -0.3 is 73.8 Å². The molecule has 9 N–H and O–H groups in total. The standard InChI is InChI=1S/C50H82N4O18P2/c1-29(20-22-51)16-14-17-30(2)32(4)24-33(5)42(57)35(7)38(55)25-41(67-13)45-46(71-74(64,65)72-73(61,62)63)49(8,9)50(70-45)26-39(56)34(6)40(69-50)19-15-18-36-27-68-48(53-36)31(3)21-23-52-47(60)44(59)43(58)37(28-66-12)54(10)11/h14-18,20,24,27,31,33-35,37-46,55-59H,19,21,23,25-26,28H2,1-13H3,(H,52,60)(H,64,65)(H2,61,62,63)/b16-14+,18-15+,29-20-,30-17+,32-24+/t31-,33+,34-,35-,37-,38-,39+,40-,41-,42+,43-,44-,45+,46-,50+/m0/s1. The van der Waals surface area contributed by atoms with Crippen LogP contribution in [0.2, 0.25) is 0 Å². The molecule has 3 rings (SSSR count). The summed E-state index contributed by atoms with van der Waals surface area (Å²) in [4.78, 5) is 48.6. The Bertz CT molecular complexity index is 2270. The van der Waals surface area contributed by atoms with Gasteiger partial charge in [0.1, 0.15) is 30.3 Å². The average molecular weight is 1090 g/mol. The smallest absolute Gasteiger partial charge is 0.448 e. The van der Waals surface area contributed by atoms with Crippen molar-refractivity contribution >= 4 is 27.6 Å². The number of hydrogen-bond donors (Lipinski definition) is 9. The zero-order chi connectivity index (χ0) is 56.1. The van der Waals surface area contributed by atoms with E-state index in [9.17, 15) is 54.1 Å². The monoisotopic (exact) mass is 1090 g/mol. The number of phosphoric acid groups is 2. The predicted molar refractivity (Wildman–Crippen MR) is 273 cm³/mol. The number of nitrogens with one attached hydrogen (secondary N) is 1. The number of ether oxygens (including phenoxy) is 4. The summed E-state index contributed by atoms with van der Waals surface area (Å²) in [5, 5.41) is 67.3. The molecule has 0 aromatic carbocycles. The van der Waals surface area contributed by atoms with Crippen molar-refractivity contribution in [2.24, 2.45) is 23.2 Å². The van der Waals surface area contributed by atoms with Gasteiger partial charge in [-0.15, -0.1) is 0 Å². The second-order valence-corrected chi connectivity index (χ2v) is 23.2. The number of methoxy groups -OCH3 is 2. The fourth-order valence-electron chi connectivity index (χ4n) is 9.11. The second kappa shape index (κ2) is 28.4.